The van der Waals surface area contributed by atoms with Crippen LogP contribution in [0.25, 0.3) is 0 Å². The number of benzene rings is 1. The fraction of sp³-hybridized carbons (Fsp3) is 0.478. The van der Waals surface area contributed by atoms with Crippen LogP contribution in [0.3, 0.4) is 0 Å². The van der Waals surface area contributed by atoms with Gasteiger partial charge in [-0.1, -0.05) is 12.5 Å². The fourth-order valence-electron chi connectivity index (χ4n) is 3.82. The zero-order valence-corrected chi connectivity index (χ0v) is 19.1. The highest BCUT2D eigenvalue weighted by molar-refractivity contribution is 5.93. The second-order valence-electron chi connectivity index (χ2n) is 8.17. The Bertz CT molecular complexity index is 983. The third kappa shape index (κ3) is 5.79. The molecule has 1 unspecified atom stereocenters. The summed E-state index contributed by atoms with van der Waals surface area (Å²) in [6.07, 6.45) is 2.83. The van der Waals surface area contributed by atoms with Crippen LogP contribution in [0.2, 0.25) is 0 Å². The van der Waals surface area contributed by atoms with Gasteiger partial charge >= 0.3 is 0 Å². The van der Waals surface area contributed by atoms with E-state index in [2.05, 4.69) is 20.5 Å². The molecule has 1 aromatic heterocycles. The van der Waals surface area contributed by atoms with Crippen molar-refractivity contribution in [3.63, 3.8) is 0 Å². The Morgan fingerprint density at radius 3 is 2.78 bits per heavy atom. The van der Waals surface area contributed by atoms with Crippen LogP contribution in [0.15, 0.2) is 24.3 Å². The number of rotatable bonds is 7. The molecule has 0 radical (unpaired) electrons. The molecule has 0 saturated carbocycles. The molecular weight excluding hydrogens is 411 g/mol. The van der Waals surface area contributed by atoms with Crippen LogP contribution in [0.1, 0.15) is 49.3 Å². The summed E-state index contributed by atoms with van der Waals surface area (Å²) in [5.41, 5.74) is 1.63. The van der Waals surface area contributed by atoms with E-state index >= 15 is 0 Å². The minimum atomic E-state index is -0.348. The molecule has 3 rings (SSSR count). The number of hydrogen-bond acceptors (Lipinski definition) is 6. The van der Waals surface area contributed by atoms with Crippen molar-refractivity contribution in [1.82, 2.24) is 19.8 Å². The monoisotopic (exact) mass is 442 g/mol. The van der Waals surface area contributed by atoms with Gasteiger partial charge in [0.15, 0.2) is 0 Å². The number of nitrogens with zero attached hydrogens (tertiary/aromatic N) is 4. The highest BCUT2D eigenvalue weighted by Crippen LogP contribution is 2.30. The molecule has 0 aliphatic carbocycles. The normalized spacial score (nSPS) is 16.5. The zero-order chi connectivity index (χ0) is 23.3. The van der Waals surface area contributed by atoms with E-state index in [1.807, 2.05) is 6.07 Å². The maximum absolute atomic E-state index is 13.8. The lowest BCUT2D eigenvalue weighted by Gasteiger charge is -2.34. The maximum atomic E-state index is 13.8. The number of carbonyl (C=O) groups excluding carboxylic acids is 2. The Kier molecular flexibility index (Phi) is 7.74. The molecule has 1 atom stereocenters. The predicted molar refractivity (Wildman–Crippen MR) is 122 cm³/mol. The molecule has 9 heteroatoms. The van der Waals surface area contributed by atoms with Gasteiger partial charge in [0.25, 0.3) is 0 Å². The van der Waals surface area contributed by atoms with Crippen LogP contribution < -0.4 is 10.6 Å². The molecule has 8 nitrogen and oxygen atoms in total. The van der Waals surface area contributed by atoms with Gasteiger partial charge in [0.05, 0.1) is 24.8 Å². The Labute approximate surface area is 188 Å². The number of halogens is 1. The second kappa shape index (κ2) is 10.5. The molecule has 2 aromatic rings. The van der Waals surface area contributed by atoms with E-state index in [4.69, 9.17) is 4.98 Å². The molecule has 2 amide bonds. The van der Waals surface area contributed by atoms with Crippen LogP contribution in [0.5, 0.6) is 0 Å². The first-order valence-electron chi connectivity index (χ1n) is 10.8. The number of aromatic nitrogens is 2. The summed E-state index contributed by atoms with van der Waals surface area (Å²) < 4.78 is 13.8. The van der Waals surface area contributed by atoms with E-state index in [0.29, 0.717) is 29.4 Å². The van der Waals surface area contributed by atoms with Crippen molar-refractivity contribution in [3.05, 3.63) is 47.2 Å². The average molecular weight is 443 g/mol. The van der Waals surface area contributed by atoms with Gasteiger partial charge in [-0.25, -0.2) is 14.4 Å². The molecule has 32 heavy (non-hydrogen) atoms. The van der Waals surface area contributed by atoms with Crippen molar-refractivity contribution in [2.75, 3.05) is 37.8 Å². The number of piperidine rings is 1. The van der Waals surface area contributed by atoms with Crippen molar-refractivity contribution in [3.8, 4) is 0 Å². The fourth-order valence-corrected chi connectivity index (χ4v) is 3.82. The van der Waals surface area contributed by atoms with Crippen molar-refractivity contribution in [2.24, 2.45) is 0 Å². The Balaban J connectivity index is 1.79. The van der Waals surface area contributed by atoms with E-state index in [9.17, 15) is 14.0 Å². The van der Waals surface area contributed by atoms with Crippen LogP contribution >= 0.6 is 0 Å². The topological polar surface area (TPSA) is 90.5 Å². The third-order valence-corrected chi connectivity index (χ3v) is 5.79. The van der Waals surface area contributed by atoms with Gasteiger partial charge in [-0.15, -0.1) is 0 Å². The number of amides is 2. The highest BCUT2D eigenvalue weighted by Gasteiger charge is 2.29. The smallest absolute Gasteiger partial charge is 0.238 e. The minimum Gasteiger partial charge on any atom is -0.373 e. The summed E-state index contributed by atoms with van der Waals surface area (Å²) in [6, 6.07) is 6.37. The van der Waals surface area contributed by atoms with Crippen molar-refractivity contribution < 1.29 is 14.0 Å². The Morgan fingerprint density at radius 1 is 1.28 bits per heavy atom. The van der Waals surface area contributed by atoms with Crippen LogP contribution in [0.4, 0.5) is 15.9 Å². The zero-order valence-electron chi connectivity index (χ0n) is 19.1. The van der Waals surface area contributed by atoms with E-state index in [-0.39, 0.29) is 30.2 Å². The molecular formula is C23H31FN6O2. The van der Waals surface area contributed by atoms with Gasteiger partial charge in [-0.2, -0.15) is 0 Å². The lowest BCUT2D eigenvalue weighted by atomic mass is 10.0. The van der Waals surface area contributed by atoms with E-state index in [0.717, 1.165) is 31.5 Å². The summed E-state index contributed by atoms with van der Waals surface area (Å²) in [4.78, 5) is 37.4. The maximum Gasteiger partial charge on any atom is 0.238 e. The molecule has 1 aliphatic heterocycles. The van der Waals surface area contributed by atoms with Gasteiger partial charge in [-0.05, 0) is 38.4 Å². The predicted octanol–water partition coefficient (Wildman–Crippen LogP) is 3.11. The standard InChI is InChI=1S/C23H31FN6O2/c1-15-18(24)8-7-9-19(15)27-22(32)14-30-11-6-5-10-20(30)23-26-17(12-21(25-3)28-23)13-29(4)16(2)31/h7-9,12,20H,5-6,10-11,13-14H2,1-4H3,(H,27,32)(H,25,26,28). The van der Waals surface area contributed by atoms with Crippen LogP contribution in [-0.4, -0.2) is 58.8 Å². The molecule has 2 N–H and O–H groups in total. The van der Waals surface area contributed by atoms with E-state index in [1.165, 1.54) is 13.0 Å². The summed E-state index contributed by atoms with van der Waals surface area (Å²) in [5.74, 6) is 0.719. The summed E-state index contributed by atoms with van der Waals surface area (Å²) in [7, 11) is 3.52. The second-order valence-corrected chi connectivity index (χ2v) is 8.17. The molecule has 1 aliphatic rings. The highest BCUT2D eigenvalue weighted by atomic mass is 19.1. The summed E-state index contributed by atoms with van der Waals surface area (Å²) in [6.45, 7) is 4.45. The van der Waals surface area contributed by atoms with Gasteiger partial charge < -0.3 is 15.5 Å². The van der Waals surface area contributed by atoms with Gasteiger partial charge in [0, 0.05) is 38.3 Å². The molecule has 1 saturated heterocycles. The average Bonchev–Trinajstić information content (AvgIpc) is 2.77. The van der Waals surface area contributed by atoms with Crippen molar-refractivity contribution in [2.45, 2.75) is 45.7 Å². The number of carbonyl (C=O) groups is 2. The quantitative estimate of drug-likeness (QED) is 0.685. The largest absolute Gasteiger partial charge is 0.373 e. The number of anilines is 2. The number of nitrogens with one attached hydrogen (secondary N) is 2. The molecule has 0 spiro atoms. The molecule has 0 bridgehead atoms. The first kappa shape index (κ1) is 23.6. The molecule has 2 heterocycles. The molecule has 1 aromatic carbocycles. The first-order chi connectivity index (χ1) is 15.3. The van der Waals surface area contributed by atoms with Gasteiger partial charge in [0.2, 0.25) is 11.8 Å². The van der Waals surface area contributed by atoms with Crippen LogP contribution in [-0.2, 0) is 16.1 Å². The minimum absolute atomic E-state index is 0.0419. The Hall–Kier alpha value is -3.07. The third-order valence-electron chi connectivity index (χ3n) is 5.79. The van der Waals surface area contributed by atoms with E-state index < -0.39 is 0 Å². The molecule has 172 valence electrons. The Morgan fingerprint density at radius 2 is 2.06 bits per heavy atom. The van der Waals surface area contributed by atoms with E-state index in [1.54, 1.807) is 38.1 Å². The van der Waals surface area contributed by atoms with Crippen molar-refractivity contribution in [1.29, 1.82) is 0 Å². The molecule has 1 fully saturated rings. The lowest BCUT2D eigenvalue weighted by molar-refractivity contribution is -0.128. The number of likely N-dealkylation sites (tertiary alicyclic amines) is 1. The summed E-state index contributed by atoms with van der Waals surface area (Å²) >= 11 is 0. The van der Waals surface area contributed by atoms with Gasteiger partial charge in [-0.3, -0.25) is 14.5 Å². The number of hydrogen-bond donors (Lipinski definition) is 2. The van der Waals surface area contributed by atoms with Crippen molar-refractivity contribution >= 4 is 23.3 Å². The lowest BCUT2D eigenvalue weighted by Crippen LogP contribution is -2.40. The van der Waals surface area contributed by atoms with Gasteiger partial charge in [0.1, 0.15) is 17.5 Å². The van der Waals surface area contributed by atoms with Crippen LogP contribution in [0, 0.1) is 12.7 Å². The summed E-state index contributed by atoms with van der Waals surface area (Å²) in [5, 5.41) is 5.89. The SMILES string of the molecule is CNc1cc(CN(C)C(C)=O)nc(C2CCCCN2CC(=O)Nc2cccc(F)c2C)n1. The first-order valence-corrected chi connectivity index (χ1v) is 10.8.